The highest BCUT2D eigenvalue weighted by Gasteiger charge is 2.11. The summed E-state index contributed by atoms with van der Waals surface area (Å²) in [5.41, 5.74) is 0.914. The fourth-order valence-corrected chi connectivity index (χ4v) is 2.78. The molecule has 31 heavy (non-hydrogen) atoms. The number of nitrogens with one attached hydrogen (secondary N) is 2. The molecular weight excluding hydrogens is 507 g/mol. The van der Waals surface area contributed by atoms with Gasteiger partial charge < -0.3 is 24.5 Å². The number of hydrogen-bond acceptors (Lipinski definition) is 5. The molecular formula is C23H29IN4O3. The summed E-state index contributed by atoms with van der Waals surface area (Å²) in [4.78, 5) is 8.67. The standard InChI is InChI=1S/C23H28N4O3.HI/c1-3-15-29-20-10-4-5-11-21(20)30-22-18(8-6-13-25-22)17-27-23(24-2)26-14-12-19-9-7-16-28-19;/h4-11,13,16H,3,12,14-15,17H2,1-2H3,(H2,24,26,27);1H. The van der Waals surface area contributed by atoms with Crippen LogP contribution < -0.4 is 20.1 Å². The Balaban J connectivity index is 0.00000341. The van der Waals surface area contributed by atoms with Crippen molar-refractivity contribution in [2.24, 2.45) is 4.99 Å². The van der Waals surface area contributed by atoms with Crippen molar-refractivity contribution >= 4 is 29.9 Å². The minimum atomic E-state index is 0. The van der Waals surface area contributed by atoms with Crippen LogP contribution in [0.4, 0.5) is 0 Å². The molecule has 0 aliphatic rings. The zero-order valence-corrected chi connectivity index (χ0v) is 20.2. The molecule has 166 valence electrons. The Kier molecular flexibility index (Phi) is 10.7. The van der Waals surface area contributed by atoms with E-state index in [4.69, 9.17) is 13.9 Å². The minimum absolute atomic E-state index is 0. The van der Waals surface area contributed by atoms with E-state index in [1.54, 1.807) is 19.5 Å². The van der Waals surface area contributed by atoms with E-state index >= 15 is 0 Å². The molecule has 1 aromatic carbocycles. The number of para-hydroxylation sites is 2. The van der Waals surface area contributed by atoms with Crippen LogP contribution in [0.5, 0.6) is 17.4 Å². The molecule has 0 amide bonds. The second kappa shape index (κ2) is 13.5. The molecule has 0 atom stereocenters. The van der Waals surface area contributed by atoms with Crippen LogP contribution in [0.3, 0.4) is 0 Å². The van der Waals surface area contributed by atoms with Gasteiger partial charge in [-0.25, -0.2) is 4.98 Å². The smallest absolute Gasteiger partial charge is 0.224 e. The number of ether oxygens (including phenoxy) is 2. The van der Waals surface area contributed by atoms with E-state index in [9.17, 15) is 0 Å². The summed E-state index contributed by atoms with van der Waals surface area (Å²) in [5, 5.41) is 6.57. The van der Waals surface area contributed by atoms with Crippen LogP contribution in [0.15, 0.2) is 70.4 Å². The van der Waals surface area contributed by atoms with E-state index < -0.39 is 0 Å². The number of guanidine groups is 1. The monoisotopic (exact) mass is 536 g/mol. The highest BCUT2D eigenvalue weighted by atomic mass is 127. The first-order valence-corrected chi connectivity index (χ1v) is 10.1. The first kappa shape index (κ1) is 24.5. The van der Waals surface area contributed by atoms with Crippen molar-refractivity contribution in [2.75, 3.05) is 20.2 Å². The molecule has 3 aromatic rings. The predicted octanol–water partition coefficient (Wildman–Crippen LogP) is 4.78. The van der Waals surface area contributed by atoms with E-state index in [1.807, 2.05) is 48.5 Å². The van der Waals surface area contributed by atoms with Gasteiger partial charge in [0, 0.05) is 38.3 Å². The number of benzene rings is 1. The molecule has 0 spiro atoms. The van der Waals surface area contributed by atoms with Crippen molar-refractivity contribution in [1.82, 2.24) is 15.6 Å². The first-order chi connectivity index (χ1) is 14.8. The van der Waals surface area contributed by atoms with Crippen LogP contribution in [0.2, 0.25) is 0 Å². The Bertz CT molecular complexity index is 932. The maximum absolute atomic E-state index is 6.08. The summed E-state index contributed by atoms with van der Waals surface area (Å²) < 4.78 is 17.2. The van der Waals surface area contributed by atoms with Crippen LogP contribution in [-0.2, 0) is 13.0 Å². The number of pyridine rings is 1. The summed E-state index contributed by atoms with van der Waals surface area (Å²) in [7, 11) is 1.74. The highest BCUT2D eigenvalue weighted by molar-refractivity contribution is 14.0. The summed E-state index contributed by atoms with van der Waals surface area (Å²) >= 11 is 0. The second-order valence-corrected chi connectivity index (χ2v) is 6.55. The van der Waals surface area contributed by atoms with Gasteiger partial charge >= 0.3 is 0 Å². The van der Waals surface area contributed by atoms with Crippen molar-refractivity contribution in [3.8, 4) is 17.4 Å². The molecule has 0 fully saturated rings. The topological polar surface area (TPSA) is 80.9 Å². The number of halogens is 1. The van der Waals surface area contributed by atoms with Gasteiger partial charge in [0.05, 0.1) is 12.9 Å². The quantitative estimate of drug-likeness (QED) is 0.221. The second-order valence-electron chi connectivity index (χ2n) is 6.55. The Morgan fingerprint density at radius 1 is 1.06 bits per heavy atom. The van der Waals surface area contributed by atoms with Gasteiger partial charge in [0.25, 0.3) is 0 Å². The third-order valence-corrected chi connectivity index (χ3v) is 4.28. The van der Waals surface area contributed by atoms with Gasteiger partial charge in [-0.1, -0.05) is 25.1 Å². The molecule has 0 saturated carbocycles. The van der Waals surface area contributed by atoms with Gasteiger partial charge in [0.1, 0.15) is 5.76 Å². The van der Waals surface area contributed by atoms with Crippen LogP contribution >= 0.6 is 24.0 Å². The van der Waals surface area contributed by atoms with E-state index in [0.29, 0.717) is 43.0 Å². The highest BCUT2D eigenvalue weighted by Crippen LogP contribution is 2.31. The zero-order valence-electron chi connectivity index (χ0n) is 17.8. The summed E-state index contributed by atoms with van der Waals surface area (Å²) in [6.07, 6.45) is 5.10. The van der Waals surface area contributed by atoms with E-state index in [0.717, 1.165) is 24.2 Å². The van der Waals surface area contributed by atoms with Gasteiger partial charge in [-0.05, 0) is 36.8 Å². The summed E-state index contributed by atoms with van der Waals surface area (Å²) in [6, 6.07) is 15.3. The Morgan fingerprint density at radius 2 is 1.90 bits per heavy atom. The predicted molar refractivity (Wildman–Crippen MR) is 133 cm³/mol. The molecule has 0 unspecified atom stereocenters. The lowest BCUT2D eigenvalue weighted by molar-refractivity contribution is 0.300. The van der Waals surface area contributed by atoms with E-state index in [1.165, 1.54) is 0 Å². The van der Waals surface area contributed by atoms with Gasteiger partial charge in [-0.15, -0.1) is 24.0 Å². The lowest BCUT2D eigenvalue weighted by atomic mass is 10.2. The lowest BCUT2D eigenvalue weighted by Gasteiger charge is -2.15. The van der Waals surface area contributed by atoms with Crippen LogP contribution in [0, 0.1) is 0 Å². The van der Waals surface area contributed by atoms with Crippen LogP contribution in [-0.4, -0.2) is 31.1 Å². The molecule has 7 nitrogen and oxygen atoms in total. The van der Waals surface area contributed by atoms with Gasteiger partial charge in [0.2, 0.25) is 5.88 Å². The number of rotatable bonds is 10. The Hall–Kier alpha value is -2.75. The molecule has 8 heteroatoms. The molecule has 2 N–H and O–H groups in total. The average molecular weight is 536 g/mol. The number of aromatic nitrogens is 1. The largest absolute Gasteiger partial charge is 0.490 e. The third-order valence-electron chi connectivity index (χ3n) is 4.28. The van der Waals surface area contributed by atoms with Crippen molar-refractivity contribution < 1.29 is 13.9 Å². The molecule has 0 saturated heterocycles. The molecule has 3 rings (SSSR count). The maximum Gasteiger partial charge on any atom is 0.224 e. The molecule has 0 bridgehead atoms. The van der Waals surface area contributed by atoms with Crippen molar-refractivity contribution in [3.63, 3.8) is 0 Å². The van der Waals surface area contributed by atoms with Crippen molar-refractivity contribution in [1.29, 1.82) is 0 Å². The average Bonchev–Trinajstić information content (AvgIpc) is 3.30. The van der Waals surface area contributed by atoms with E-state index in [2.05, 4.69) is 27.5 Å². The fraction of sp³-hybridized carbons (Fsp3) is 0.304. The van der Waals surface area contributed by atoms with E-state index in [-0.39, 0.29) is 24.0 Å². The lowest BCUT2D eigenvalue weighted by Crippen LogP contribution is -2.37. The van der Waals surface area contributed by atoms with Crippen LogP contribution in [0.25, 0.3) is 0 Å². The van der Waals surface area contributed by atoms with Crippen molar-refractivity contribution in [2.45, 2.75) is 26.3 Å². The minimum Gasteiger partial charge on any atom is -0.490 e. The van der Waals surface area contributed by atoms with Gasteiger partial charge in [-0.2, -0.15) is 0 Å². The number of furan rings is 1. The Morgan fingerprint density at radius 3 is 2.65 bits per heavy atom. The normalized spacial score (nSPS) is 10.8. The molecule has 0 radical (unpaired) electrons. The molecule has 0 aliphatic heterocycles. The SMILES string of the molecule is CCCOc1ccccc1Oc1ncccc1CNC(=NC)NCCc1ccco1.I. The first-order valence-electron chi connectivity index (χ1n) is 10.1. The number of nitrogens with zero attached hydrogens (tertiary/aromatic N) is 2. The molecule has 0 aliphatic carbocycles. The third kappa shape index (κ3) is 7.78. The Labute approximate surface area is 200 Å². The van der Waals surface area contributed by atoms with Gasteiger partial charge in [-0.3, -0.25) is 4.99 Å². The molecule has 2 heterocycles. The fourth-order valence-electron chi connectivity index (χ4n) is 2.78. The van der Waals surface area contributed by atoms with Crippen LogP contribution in [0.1, 0.15) is 24.7 Å². The summed E-state index contributed by atoms with van der Waals surface area (Å²) in [6.45, 7) is 3.94. The number of aliphatic imine (C=N–C) groups is 1. The molecule has 2 aromatic heterocycles. The zero-order chi connectivity index (χ0) is 21.0. The van der Waals surface area contributed by atoms with Gasteiger partial charge in [0.15, 0.2) is 17.5 Å². The number of hydrogen-bond donors (Lipinski definition) is 2. The van der Waals surface area contributed by atoms with Crippen molar-refractivity contribution in [3.05, 3.63) is 72.3 Å². The summed E-state index contributed by atoms with van der Waals surface area (Å²) in [5.74, 6) is 3.52. The maximum atomic E-state index is 6.08.